The minimum absolute atomic E-state index is 0.243. The Morgan fingerprint density at radius 3 is 2.36 bits per heavy atom. The lowest BCUT2D eigenvalue weighted by Gasteiger charge is -2.35. The van der Waals surface area contributed by atoms with Crippen LogP contribution < -0.4 is 5.73 Å². The molecule has 0 aromatic heterocycles. The third-order valence-corrected chi connectivity index (χ3v) is 2.89. The molecule has 1 aliphatic carbocycles. The Bertz CT molecular complexity index is 238. The van der Waals surface area contributed by atoms with E-state index < -0.39 is 11.7 Å². The summed E-state index contributed by atoms with van der Waals surface area (Å²) < 4.78 is 5.04. The summed E-state index contributed by atoms with van der Waals surface area (Å²) in [6.07, 6.45) is 2.02. The fourth-order valence-electron chi connectivity index (χ4n) is 1.98. The standard InChI is InChI=1S/C10H17NO3/c1-10(2,14-9(11)13)7-3-5-8(12)6-4-7/h7H,3-6H2,1-2H3,(H2,11,13). The monoisotopic (exact) mass is 199 g/mol. The summed E-state index contributed by atoms with van der Waals surface area (Å²) in [6, 6.07) is 0. The van der Waals surface area contributed by atoms with E-state index in [0.717, 1.165) is 12.8 Å². The molecule has 0 spiro atoms. The molecule has 0 radical (unpaired) electrons. The maximum absolute atomic E-state index is 11.0. The molecule has 0 saturated heterocycles. The largest absolute Gasteiger partial charge is 0.443 e. The van der Waals surface area contributed by atoms with Crippen molar-refractivity contribution in [2.24, 2.45) is 11.7 Å². The third-order valence-electron chi connectivity index (χ3n) is 2.89. The molecule has 0 bridgehead atoms. The van der Waals surface area contributed by atoms with Crippen molar-refractivity contribution in [3.05, 3.63) is 0 Å². The van der Waals surface area contributed by atoms with Crippen molar-refractivity contribution in [3.8, 4) is 0 Å². The van der Waals surface area contributed by atoms with Gasteiger partial charge in [-0.3, -0.25) is 4.79 Å². The number of carbonyl (C=O) groups excluding carboxylic acids is 2. The summed E-state index contributed by atoms with van der Waals surface area (Å²) in [4.78, 5) is 21.7. The fraction of sp³-hybridized carbons (Fsp3) is 0.800. The molecular weight excluding hydrogens is 182 g/mol. The maximum Gasteiger partial charge on any atom is 0.405 e. The van der Waals surface area contributed by atoms with Gasteiger partial charge in [0.05, 0.1) is 0 Å². The minimum atomic E-state index is -0.744. The molecule has 0 heterocycles. The first-order chi connectivity index (χ1) is 6.42. The predicted molar refractivity (Wildman–Crippen MR) is 51.7 cm³/mol. The van der Waals surface area contributed by atoms with Gasteiger partial charge in [-0.15, -0.1) is 0 Å². The van der Waals surface area contributed by atoms with Gasteiger partial charge in [-0.2, -0.15) is 0 Å². The van der Waals surface area contributed by atoms with E-state index in [1.807, 2.05) is 13.8 Å². The highest BCUT2D eigenvalue weighted by Gasteiger charge is 2.35. The average molecular weight is 199 g/mol. The lowest BCUT2D eigenvalue weighted by atomic mass is 9.78. The highest BCUT2D eigenvalue weighted by Crippen LogP contribution is 2.33. The van der Waals surface area contributed by atoms with Gasteiger partial charge in [0.25, 0.3) is 0 Å². The Morgan fingerprint density at radius 1 is 1.43 bits per heavy atom. The van der Waals surface area contributed by atoms with E-state index in [1.165, 1.54) is 0 Å². The van der Waals surface area contributed by atoms with E-state index in [4.69, 9.17) is 10.5 Å². The van der Waals surface area contributed by atoms with E-state index in [-0.39, 0.29) is 5.92 Å². The molecule has 1 fully saturated rings. The fourth-order valence-corrected chi connectivity index (χ4v) is 1.98. The first-order valence-electron chi connectivity index (χ1n) is 4.92. The topological polar surface area (TPSA) is 69.4 Å². The molecule has 1 rings (SSSR count). The quantitative estimate of drug-likeness (QED) is 0.734. The lowest BCUT2D eigenvalue weighted by Crippen LogP contribution is -2.40. The van der Waals surface area contributed by atoms with Crippen LogP contribution in [0.3, 0.4) is 0 Å². The Kier molecular flexibility index (Phi) is 3.13. The van der Waals surface area contributed by atoms with Crippen LogP contribution in [-0.2, 0) is 9.53 Å². The number of Topliss-reactive ketones (excluding diaryl/α,β-unsaturated/α-hetero) is 1. The summed E-state index contributed by atoms with van der Waals surface area (Å²) in [6.45, 7) is 3.69. The van der Waals surface area contributed by atoms with E-state index in [1.54, 1.807) is 0 Å². The number of ether oxygens (including phenoxy) is 1. The first-order valence-corrected chi connectivity index (χ1v) is 4.92. The van der Waals surface area contributed by atoms with Crippen molar-refractivity contribution < 1.29 is 14.3 Å². The molecule has 0 atom stereocenters. The summed E-state index contributed by atoms with van der Waals surface area (Å²) in [5.74, 6) is 0.545. The van der Waals surface area contributed by atoms with Gasteiger partial charge in [0.1, 0.15) is 11.4 Å². The Balaban J connectivity index is 2.54. The number of carbonyl (C=O) groups is 2. The van der Waals surface area contributed by atoms with Crippen LogP contribution in [0.1, 0.15) is 39.5 Å². The van der Waals surface area contributed by atoms with Crippen molar-refractivity contribution in [1.82, 2.24) is 0 Å². The Hall–Kier alpha value is -1.06. The van der Waals surface area contributed by atoms with Crippen molar-refractivity contribution >= 4 is 11.9 Å². The van der Waals surface area contributed by atoms with Gasteiger partial charge < -0.3 is 10.5 Å². The van der Waals surface area contributed by atoms with Crippen molar-refractivity contribution in [3.63, 3.8) is 0 Å². The second kappa shape index (κ2) is 3.98. The first kappa shape index (κ1) is 11.0. The zero-order chi connectivity index (χ0) is 10.8. The highest BCUT2D eigenvalue weighted by molar-refractivity contribution is 5.79. The van der Waals surface area contributed by atoms with Gasteiger partial charge in [-0.05, 0) is 32.6 Å². The van der Waals surface area contributed by atoms with Gasteiger partial charge in [-0.1, -0.05) is 0 Å². The zero-order valence-electron chi connectivity index (χ0n) is 8.71. The highest BCUT2D eigenvalue weighted by atomic mass is 16.6. The molecule has 2 N–H and O–H groups in total. The van der Waals surface area contributed by atoms with Crippen LogP contribution in [0.15, 0.2) is 0 Å². The number of hydrogen-bond donors (Lipinski definition) is 1. The second-order valence-electron chi connectivity index (χ2n) is 4.34. The number of primary amides is 1. The van der Waals surface area contributed by atoms with E-state index in [9.17, 15) is 9.59 Å². The third kappa shape index (κ3) is 2.72. The molecule has 0 aliphatic heterocycles. The molecule has 14 heavy (non-hydrogen) atoms. The molecule has 0 aromatic carbocycles. The average Bonchev–Trinajstić information content (AvgIpc) is 2.02. The van der Waals surface area contributed by atoms with Crippen LogP contribution in [-0.4, -0.2) is 17.5 Å². The molecule has 4 nitrogen and oxygen atoms in total. The zero-order valence-corrected chi connectivity index (χ0v) is 8.71. The van der Waals surface area contributed by atoms with Gasteiger partial charge in [0, 0.05) is 12.8 Å². The van der Waals surface area contributed by atoms with Gasteiger partial charge in [0.2, 0.25) is 0 Å². The Morgan fingerprint density at radius 2 is 1.93 bits per heavy atom. The number of nitrogens with two attached hydrogens (primary N) is 1. The molecule has 4 heteroatoms. The molecular formula is C10H17NO3. The van der Waals surface area contributed by atoms with Crippen molar-refractivity contribution in [1.29, 1.82) is 0 Å². The number of ketones is 1. The van der Waals surface area contributed by atoms with Crippen molar-refractivity contribution in [2.75, 3.05) is 0 Å². The van der Waals surface area contributed by atoms with E-state index >= 15 is 0 Å². The van der Waals surface area contributed by atoms with Crippen LogP contribution in [0.2, 0.25) is 0 Å². The number of rotatable bonds is 2. The molecule has 0 unspecified atom stereocenters. The van der Waals surface area contributed by atoms with Crippen LogP contribution in [0.4, 0.5) is 4.79 Å². The lowest BCUT2D eigenvalue weighted by molar-refractivity contribution is -0.122. The molecule has 0 aromatic rings. The minimum Gasteiger partial charge on any atom is -0.443 e. The predicted octanol–water partition coefficient (Wildman–Crippen LogP) is 1.62. The molecule has 1 amide bonds. The maximum atomic E-state index is 11.0. The smallest absolute Gasteiger partial charge is 0.405 e. The number of amides is 1. The summed E-state index contributed by atoms with van der Waals surface area (Å²) >= 11 is 0. The van der Waals surface area contributed by atoms with Crippen LogP contribution >= 0.6 is 0 Å². The SMILES string of the molecule is CC(C)(OC(N)=O)C1CCC(=O)CC1. The summed E-state index contributed by atoms with van der Waals surface area (Å²) in [7, 11) is 0. The van der Waals surface area contributed by atoms with Crippen molar-refractivity contribution in [2.45, 2.75) is 45.1 Å². The van der Waals surface area contributed by atoms with Gasteiger partial charge in [0.15, 0.2) is 0 Å². The Labute approximate surface area is 83.8 Å². The second-order valence-corrected chi connectivity index (χ2v) is 4.34. The summed E-state index contributed by atoms with van der Waals surface area (Å²) in [5, 5.41) is 0. The molecule has 80 valence electrons. The van der Waals surface area contributed by atoms with E-state index in [2.05, 4.69) is 0 Å². The normalized spacial score (nSPS) is 19.4. The summed E-state index contributed by atoms with van der Waals surface area (Å²) in [5.41, 5.74) is 4.44. The van der Waals surface area contributed by atoms with Crippen LogP contribution in [0, 0.1) is 5.92 Å². The van der Waals surface area contributed by atoms with Gasteiger partial charge >= 0.3 is 6.09 Å². The molecule has 1 aliphatic rings. The molecule has 1 saturated carbocycles. The van der Waals surface area contributed by atoms with Crippen LogP contribution in [0.5, 0.6) is 0 Å². The van der Waals surface area contributed by atoms with Crippen LogP contribution in [0.25, 0.3) is 0 Å². The van der Waals surface area contributed by atoms with E-state index in [0.29, 0.717) is 18.6 Å². The van der Waals surface area contributed by atoms with Gasteiger partial charge in [-0.25, -0.2) is 4.79 Å². The number of hydrogen-bond acceptors (Lipinski definition) is 3.